The number of aliphatic hydroxyl groups excluding tert-OH is 1. The molecule has 1 aromatic carbocycles. The van der Waals surface area contributed by atoms with Crippen LogP contribution in [0.3, 0.4) is 0 Å². The molecule has 6 atom stereocenters. The number of rotatable bonds is 6. The minimum absolute atomic E-state index is 0.222. The van der Waals surface area contributed by atoms with Gasteiger partial charge in [-0.1, -0.05) is 67.8 Å². The molecule has 3 aliphatic carbocycles. The summed E-state index contributed by atoms with van der Waals surface area (Å²) >= 11 is 0. The molecule has 0 spiro atoms. The molecule has 0 bridgehead atoms. The van der Waals surface area contributed by atoms with Crippen molar-refractivity contribution in [1.29, 1.82) is 4.78 Å². The fraction of sp³-hybridized carbons (Fsp3) is 0.600. The average molecular weight is 482 g/mol. The molecule has 3 fully saturated rings. The summed E-state index contributed by atoms with van der Waals surface area (Å²) < 4.78 is 21.5. The van der Waals surface area contributed by atoms with Gasteiger partial charge in [0, 0.05) is 10.6 Å². The lowest BCUT2D eigenvalue weighted by Gasteiger charge is -2.32. The van der Waals surface area contributed by atoms with Gasteiger partial charge in [0.05, 0.1) is 15.8 Å². The Morgan fingerprint density at radius 1 is 1.09 bits per heavy atom. The van der Waals surface area contributed by atoms with E-state index in [4.69, 9.17) is 4.78 Å². The lowest BCUT2D eigenvalue weighted by Crippen LogP contribution is -2.24. The average Bonchev–Trinajstić information content (AvgIpc) is 3.23. The van der Waals surface area contributed by atoms with Crippen LogP contribution in [0.2, 0.25) is 0 Å². The fourth-order valence-corrected chi connectivity index (χ4v) is 8.21. The molecule has 0 radical (unpaired) electrons. The smallest absolute Gasteiger partial charge is 0.0726 e. The summed E-state index contributed by atoms with van der Waals surface area (Å²) in [5.41, 5.74) is 4.03. The molecule has 0 aliphatic heterocycles. The highest BCUT2D eigenvalue weighted by molar-refractivity contribution is 7.92. The highest BCUT2D eigenvalue weighted by atomic mass is 32.2. The molecule has 0 aromatic heterocycles. The van der Waals surface area contributed by atoms with Gasteiger partial charge in [0.15, 0.2) is 0 Å². The van der Waals surface area contributed by atoms with Crippen molar-refractivity contribution in [1.82, 2.24) is 0 Å². The summed E-state index contributed by atoms with van der Waals surface area (Å²) in [5.74, 6) is 2.99. The first-order chi connectivity index (χ1) is 16.3. The zero-order valence-corrected chi connectivity index (χ0v) is 21.7. The van der Waals surface area contributed by atoms with Gasteiger partial charge in [-0.15, -0.1) is 0 Å². The first-order valence-corrected chi connectivity index (χ1v) is 15.2. The number of fused-ring (bicyclic) bond motifs is 1. The molecule has 0 heterocycles. The molecule has 1 aromatic rings. The van der Waals surface area contributed by atoms with Crippen LogP contribution in [0.1, 0.15) is 77.6 Å². The van der Waals surface area contributed by atoms with Gasteiger partial charge in [-0.3, -0.25) is 0 Å². The van der Waals surface area contributed by atoms with Crippen molar-refractivity contribution in [2.75, 3.05) is 5.75 Å². The van der Waals surface area contributed by atoms with Gasteiger partial charge in [-0.25, -0.2) is 8.99 Å². The molecule has 186 valence electrons. The Kier molecular flexibility index (Phi) is 8.52. The predicted octanol–water partition coefficient (Wildman–Crippen LogP) is 7.68. The maximum absolute atomic E-state index is 13.1. The largest absolute Gasteiger partial charge is 0.393 e. The summed E-state index contributed by atoms with van der Waals surface area (Å²) in [6, 6.07) is 9.37. The Bertz CT molecular complexity index is 1010. The van der Waals surface area contributed by atoms with E-state index in [2.05, 4.69) is 25.7 Å². The van der Waals surface area contributed by atoms with Crippen LogP contribution < -0.4 is 0 Å². The Balaban J connectivity index is 1.45. The number of hydrogen-bond acceptors (Lipinski definition) is 3. The van der Waals surface area contributed by atoms with E-state index >= 15 is 0 Å². The first-order valence-electron chi connectivity index (χ1n) is 13.4. The van der Waals surface area contributed by atoms with Crippen LogP contribution in [0.25, 0.3) is 0 Å². The maximum Gasteiger partial charge on any atom is 0.0726 e. The molecule has 3 aliphatic rings. The number of aliphatic hydroxyl groups is 1. The maximum atomic E-state index is 13.1. The normalized spacial score (nSPS) is 33.2. The summed E-state index contributed by atoms with van der Waals surface area (Å²) in [5, 5.41) is 10.1. The van der Waals surface area contributed by atoms with Gasteiger partial charge < -0.3 is 5.11 Å². The second-order valence-electron chi connectivity index (χ2n) is 11.0. The Hall–Kier alpha value is -1.65. The highest BCUT2D eigenvalue weighted by Gasteiger charge is 2.40. The molecule has 34 heavy (non-hydrogen) atoms. The van der Waals surface area contributed by atoms with Crippen LogP contribution in [-0.4, -0.2) is 21.2 Å². The Morgan fingerprint density at radius 3 is 2.68 bits per heavy atom. The molecule has 1 unspecified atom stereocenters. The molecular weight excluding hydrogens is 438 g/mol. The van der Waals surface area contributed by atoms with Gasteiger partial charge in [0.2, 0.25) is 0 Å². The van der Waals surface area contributed by atoms with E-state index in [1.807, 2.05) is 30.3 Å². The summed E-state index contributed by atoms with van der Waals surface area (Å²) in [7, 11) is -2.72. The Labute approximate surface area is 207 Å². The second kappa shape index (κ2) is 11.4. The van der Waals surface area contributed by atoms with E-state index in [1.165, 1.54) is 56.1 Å². The second-order valence-corrected chi connectivity index (χ2v) is 13.2. The molecule has 4 heteroatoms. The minimum atomic E-state index is -2.72. The van der Waals surface area contributed by atoms with E-state index in [1.54, 1.807) is 5.57 Å². The standard InChI is InChI=1S/C30H43NO2S/c1-22-13-16-26(32)21-25(22)15-14-24-9-5-3-8-12-30-28(17-18-29(24)30)23(2)19-20-34(31,33)27-10-6-4-7-11-27/h4,6-7,10-11,14-15,23,26,28-32H,1,3,5,8-9,12-13,16-21H2,2H3/b24-14+,25-15-/t23-,26+,28-,29+,30+,34?/m1/s1. The van der Waals surface area contributed by atoms with Crippen molar-refractivity contribution in [2.45, 2.75) is 88.6 Å². The predicted molar refractivity (Wildman–Crippen MR) is 142 cm³/mol. The van der Waals surface area contributed by atoms with Crippen molar-refractivity contribution in [3.63, 3.8) is 0 Å². The van der Waals surface area contributed by atoms with E-state index in [0.29, 0.717) is 34.3 Å². The third kappa shape index (κ3) is 6.12. The molecule has 4 rings (SSSR count). The number of nitrogens with one attached hydrogen (secondary N) is 1. The van der Waals surface area contributed by atoms with E-state index in [-0.39, 0.29) is 6.10 Å². The van der Waals surface area contributed by atoms with Crippen LogP contribution in [0.5, 0.6) is 0 Å². The van der Waals surface area contributed by atoms with E-state index < -0.39 is 9.73 Å². The molecule has 0 saturated heterocycles. The zero-order valence-electron chi connectivity index (χ0n) is 20.9. The lowest BCUT2D eigenvalue weighted by atomic mass is 9.73. The lowest BCUT2D eigenvalue weighted by molar-refractivity contribution is 0.158. The van der Waals surface area contributed by atoms with Crippen molar-refractivity contribution >= 4 is 9.73 Å². The molecule has 3 nitrogen and oxygen atoms in total. The van der Waals surface area contributed by atoms with Crippen LogP contribution >= 0.6 is 0 Å². The summed E-state index contributed by atoms with van der Waals surface area (Å²) in [6.07, 6.45) is 16.7. The SMILES string of the molecule is C=C1CC[C@H](O)C/C1=C/C=C1\CCCCC[C@H]2[C@@H]([C@H](C)CCS(=N)(=O)c3ccccc3)CC[C@@H]12. The monoisotopic (exact) mass is 481 g/mol. The number of benzene rings is 1. The summed E-state index contributed by atoms with van der Waals surface area (Å²) in [6.45, 7) is 6.58. The third-order valence-electron chi connectivity index (χ3n) is 8.76. The van der Waals surface area contributed by atoms with Crippen molar-refractivity contribution in [3.05, 3.63) is 65.8 Å². The van der Waals surface area contributed by atoms with Gasteiger partial charge in [-0.2, -0.15) is 0 Å². The van der Waals surface area contributed by atoms with Crippen molar-refractivity contribution in [2.24, 2.45) is 23.7 Å². The third-order valence-corrected chi connectivity index (χ3v) is 10.6. The quantitative estimate of drug-likeness (QED) is 0.438. The van der Waals surface area contributed by atoms with Gasteiger partial charge in [-0.05, 0) is 99.2 Å². The first kappa shape index (κ1) is 25.4. The van der Waals surface area contributed by atoms with Crippen LogP contribution in [0.4, 0.5) is 0 Å². The molecule has 3 saturated carbocycles. The van der Waals surface area contributed by atoms with Gasteiger partial charge in [0.25, 0.3) is 0 Å². The number of hydrogen-bond donors (Lipinski definition) is 2. The summed E-state index contributed by atoms with van der Waals surface area (Å²) in [4.78, 5) is 0.671. The fourth-order valence-electron chi connectivity index (χ4n) is 6.68. The molecule has 2 N–H and O–H groups in total. The zero-order chi connectivity index (χ0) is 24.1. The van der Waals surface area contributed by atoms with E-state index in [0.717, 1.165) is 25.7 Å². The van der Waals surface area contributed by atoms with Crippen molar-refractivity contribution in [3.8, 4) is 0 Å². The van der Waals surface area contributed by atoms with Crippen molar-refractivity contribution < 1.29 is 9.32 Å². The Morgan fingerprint density at radius 2 is 1.88 bits per heavy atom. The minimum Gasteiger partial charge on any atom is -0.393 e. The van der Waals surface area contributed by atoms with Crippen LogP contribution in [0, 0.1) is 28.5 Å². The highest BCUT2D eigenvalue weighted by Crippen LogP contribution is 2.50. The molecule has 0 amide bonds. The van der Waals surface area contributed by atoms with Gasteiger partial charge in [0.1, 0.15) is 0 Å². The topological polar surface area (TPSA) is 61.1 Å². The van der Waals surface area contributed by atoms with Crippen LogP contribution in [-0.2, 0) is 9.73 Å². The van der Waals surface area contributed by atoms with Crippen LogP contribution in [0.15, 0.2) is 70.7 Å². The van der Waals surface area contributed by atoms with Gasteiger partial charge >= 0.3 is 0 Å². The number of allylic oxidation sites excluding steroid dienone is 4. The van der Waals surface area contributed by atoms with E-state index in [9.17, 15) is 9.32 Å². The molecular formula is C30H43NO2S.